The lowest BCUT2D eigenvalue weighted by Crippen LogP contribution is -2.25. The molecule has 0 fully saturated rings. The van der Waals surface area contributed by atoms with Crippen LogP contribution < -0.4 is 16.2 Å². The summed E-state index contributed by atoms with van der Waals surface area (Å²) in [5.41, 5.74) is 10.3. The molecule has 0 amide bonds. The molecule has 0 aromatic heterocycles. The molecule has 0 bridgehead atoms. The Morgan fingerprint density at radius 2 is 1.91 bits per heavy atom. The number of terminal acetylenes is 1. The molecule has 0 radical (unpaired) electrons. The largest absolute Gasteiger partial charge is 0.497 e. The first-order chi connectivity index (χ1) is 15.7. The quantitative estimate of drug-likeness (QED) is 0.182. The van der Waals surface area contributed by atoms with Crippen LogP contribution in [0.25, 0.3) is 5.70 Å². The summed E-state index contributed by atoms with van der Waals surface area (Å²) in [6, 6.07) is 10.0. The Hall–Kier alpha value is -3.04. The third-order valence-electron chi connectivity index (χ3n) is 4.89. The molecule has 0 spiro atoms. The molecule has 4 nitrogen and oxygen atoms in total. The van der Waals surface area contributed by atoms with Crippen molar-refractivity contribution in [1.82, 2.24) is 16.2 Å². The minimum atomic E-state index is -2.75. The number of rotatable bonds is 10. The van der Waals surface area contributed by atoms with E-state index in [0.717, 1.165) is 44.1 Å². The third-order valence-corrected chi connectivity index (χ3v) is 4.89. The van der Waals surface area contributed by atoms with Crippen molar-refractivity contribution in [2.75, 3.05) is 20.7 Å². The molecule has 0 aliphatic heterocycles. The van der Waals surface area contributed by atoms with E-state index in [2.05, 4.69) is 54.3 Å². The van der Waals surface area contributed by atoms with Gasteiger partial charge in [-0.2, -0.15) is 0 Å². The molecule has 0 heterocycles. The molecule has 1 aromatic carbocycles. The standard InChI is InChI=1S/C17H23F2N3.C10H14O/c1-4-21-22-16(11-12-17(2,18)19)15-9-7-14(8-10-15)6-5-13-20-3;1-8-5-4-6-10(11-3)9(2)7-8/h1,7-11,20-22H,5-6,12-13H2,2-3H3;5-7H,4H2,1-3H3/b16-11-;. The van der Waals surface area contributed by atoms with Crippen molar-refractivity contribution in [2.24, 2.45) is 0 Å². The minimum Gasteiger partial charge on any atom is -0.497 e. The van der Waals surface area contributed by atoms with Gasteiger partial charge in [0.1, 0.15) is 5.76 Å². The van der Waals surface area contributed by atoms with E-state index >= 15 is 0 Å². The van der Waals surface area contributed by atoms with Crippen molar-refractivity contribution in [3.8, 4) is 12.5 Å². The lowest BCUT2D eigenvalue weighted by atomic mass is 10.0. The highest BCUT2D eigenvalue weighted by Gasteiger charge is 2.19. The number of halogens is 2. The Bertz CT molecular complexity index is 885. The summed E-state index contributed by atoms with van der Waals surface area (Å²) < 4.78 is 31.2. The molecular weight excluding hydrogens is 420 g/mol. The molecule has 0 unspecified atom stereocenters. The molecule has 0 saturated heterocycles. The van der Waals surface area contributed by atoms with Crippen LogP contribution in [-0.2, 0) is 11.2 Å². The summed E-state index contributed by atoms with van der Waals surface area (Å²) in [5, 5.41) is 3.10. The van der Waals surface area contributed by atoms with Crippen LogP contribution in [0, 0.1) is 12.5 Å². The van der Waals surface area contributed by atoms with E-state index in [1.165, 1.54) is 22.8 Å². The van der Waals surface area contributed by atoms with Gasteiger partial charge >= 0.3 is 0 Å². The van der Waals surface area contributed by atoms with Crippen LogP contribution in [0.15, 0.2) is 65.5 Å². The molecular formula is C27H37F2N3O. The highest BCUT2D eigenvalue weighted by Crippen LogP contribution is 2.21. The lowest BCUT2D eigenvalue weighted by molar-refractivity contribution is 0.0255. The van der Waals surface area contributed by atoms with Gasteiger partial charge < -0.3 is 10.1 Å². The maximum absolute atomic E-state index is 13.0. The highest BCUT2D eigenvalue weighted by molar-refractivity contribution is 5.64. The maximum atomic E-state index is 13.0. The zero-order valence-corrected chi connectivity index (χ0v) is 20.4. The Morgan fingerprint density at radius 1 is 1.21 bits per heavy atom. The van der Waals surface area contributed by atoms with Crippen molar-refractivity contribution >= 4 is 5.70 Å². The van der Waals surface area contributed by atoms with Crippen LogP contribution in [0.2, 0.25) is 0 Å². The molecule has 2 rings (SSSR count). The van der Waals surface area contributed by atoms with Crippen molar-refractivity contribution in [2.45, 2.75) is 52.4 Å². The fourth-order valence-corrected chi connectivity index (χ4v) is 3.17. The Kier molecular flexibility index (Phi) is 12.7. The van der Waals surface area contributed by atoms with E-state index in [1.807, 2.05) is 31.3 Å². The van der Waals surface area contributed by atoms with Gasteiger partial charge in [0.15, 0.2) is 0 Å². The zero-order valence-electron chi connectivity index (χ0n) is 20.4. The van der Waals surface area contributed by atoms with Crippen LogP contribution in [0.1, 0.15) is 51.2 Å². The van der Waals surface area contributed by atoms with Gasteiger partial charge in [0.25, 0.3) is 0 Å². The topological polar surface area (TPSA) is 45.3 Å². The summed E-state index contributed by atoms with van der Waals surface area (Å²) >= 11 is 0. The average molecular weight is 458 g/mol. The van der Waals surface area contributed by atoms with Gasteiger partial charge in [-0.25, -0.2) is 8.78 Å². The predicted molar refractivity (Wildman–Crippen MR) is 134 cm³/mol. The van der Waals surface area contributed by atoms with E-state index in [-0.39, 0.29) is 6.42 Å². The zero-order chi connectivity index (χ0) is 24.7. The second-order valence-electron chi connectivity index (χ2n) is 7.97. The number of aryl methyl sites for hydroxylation is 1. The van der Waals surface area contributed by atoms with Gasteiger partial charge in [-0.05, 0) is 76.4 Å². The van der Waals surface area contributed by atoms with Crippen molar-refractivity contribution in [1.29, 1.82) is 0 Å². The van der Waals surface area contributed by atoms with Crippen LogP contribution in [0.5, 0.6) is 0 Å². The Morgan fingerprint density at radius 3 is 2.48 bits per heavy atom. The summed E-state index contributed by atoms with van der Waals surface area (Å²) in [4.78, 5) is 0. The smallest absolute Gasteiger partial charge is 0.248 e. The van der Waals surface area contributed by atoms with Crippen molar-refractivity contribution in [3.05, 3.63) is 76.6 Å². The Balaban J connectivity index is 0.000000412. The van der Waals surface area contributed by atoms with Gasteiger partial charge in [0.05, 0.1) is 12.8 Å². The lowest BCUT2D eigenvalue weighted by Gasteiger charge is -2.13. The molecule has 1 aliphatic rings. The van der Waals surface area contributed by atoms with Gasteiger partial charge in [-0.15, -0.1) is 0 Å². The fraction of sp³-hybridized carbons (Fsp3) is 0.407. The van der Waals surface area contributed by atoms with E-state index in [1.54, 1.807) is 7.11 Å². The van der Waals surface area contributed by atoms with Crippen LogP contribution >= 0.6 is 0 Å². The van der Waals surface area contributed by atoms with Crippen LogP contribution in [-0.4, -0.2) is 26.6 Å². The van der Waals surface area contributed by atoms with Crippen LogP contribution in [0.4, 0.5) is 8.78 Å². The third kappa shape index (κ3) is 12.0. The monoisotopic (exact) mass is 457 g/mol. The maximum Gasteiger partial charge on any atom is 0.248 e. The molecule has 180 valence electrons. The van der Waals surface area contributed by atoms with E-state index in [4.69, 9.17) is 11.2 Å². The van der Waals surface area contributed by atoms with Crippen LogP contribution in [0.3, 0.4) is 0 Å². The number of hydrogen-bond acceptors (Lipinski definition) is 4. The van der Waals surface area contributed by atoms with Crippen molar-refractivity contribution < 1.29 is 13.5 Å². The van der Waals surface area contributed by atoms with Gasteiger partial charge in [-0.3, -0.25) is 10.9 Å². The highest BCUT2D eigenvalue weighted by atomic mass is 19.3. The second-order valence-corrected chi connectivity index (χ2v) is 7.97. The van der Waals surface area contributed by atoms with Gasteiger partial charge in [0.2, 0.25) is 5.92 Å². The van der Waals surface area contributed by atoms with E-state index in [0.29, 0.717) is 5.70 Å². The molecule has 33 heavy (non-hydrogen) atoms. The number of allylic oxidation sites excluding steroid dienone is 6. The number of alkyl halides is 2. The SMILES string of the molecule is C#CNN/C(=C\CC(C)(F)F)c1ccc(CCCNC)cc1.COC1=CCC=C(C)C=C1C. The fourth-order valence-electron chi connectivity index (χ4n) is 3.17. The molecule has 1 aromatic rings. The number of hydrogen-bond donors (Lipinski definition) is 3. The first kappa shape index (κ1) is 28.0. The average Bonchev–Trinajstić information content (AvgIpc) is 2.93. The number of benzene rings is 1. The first-order valence-electron chi connectivity index (χ1n) is 11.1. The molecule has 3 N–H and O–H groups in total. The predicted octanol–water partition coefficient (Wildman–Crippen LogP) is 5.72. The normalized spacial score (nSPS) is 13.9. The van der Waals surface area contributed by atoms with Gasteiger partial charge in [0, 0.05) is 12.5 Å². The van der Waals surface area contributed by atoms with Gasteiger partial charge in [-0.1, -0.05) is 54.5 Å². The van der Waals surface area contributed by atoms with E-state index < -0.39 is 5.92 Å². The molecule has 1 aliphatic carbocycles. The molecule has 0 atom stereocenters. The summed E-state index contributed by atoms with van der Waals surface area (Å²) in [7, 11) is 3.64. The number of methoxy groups -OCH3 is 1. The summed E-state index contributed by atoms with van der Waals surface area (Å²) in [6.07, 6.45) is 15.6. The Labute approximate surface area is 197 Å². The number of ether oxygens (including phenoxy) is 1. The number of hydrazine groups is 1. The second kappa shape index (κ2) is 14.9. The summed E-state index contributed by atoms with van der Waals surface area (Å²) in [6.45, 7) is 6.03. The van der Waals surface area contributed by atoms with Crippen molar-refractivity contribution in [3.63, 3.8) is 0 Å². The first-order valence-corrected chi connectivity index (χ1v) is 11.1. The number of nitrogens with one attached hydrogen (secondary N) is 3. The minimum absolute atomic E-state index is 0.356. The van der Waals surface area contributed by atoms with E-state index in [9.17, 15) is 8.78 Å². The molecule has 0 saturated carbocycles. The molecule has 6 heteroatoms. The summed E-state index contributed by atoms with van der Waals surface area (Å²) in [5.74, 6) is -1.76.